The van der Waals surface area contributed by atoms with Crippen LogP contribution in [-0.2, 0) is 28.8 Å². The maximum absolute atomic E-state index is 12.7. The van der Waals surface area contributed by atoms with E-state index in [9.17, 15) is 33.9 Å². The van der Waals surface area contributed by atoms with Gasteiger partial charge in [0.15, 0.2) is 5.96 Å². The number of carboxylic acids is 2. The van der Waals surface area contributed by atoms with E-state index in [0.29, 0.717) is 0 Å². The third kappa shape index (κ3) is 13.3. The molecule has 35 heavy (non-hydrogen) atoms. The molecule has 0 saturated carbocycles. The number of aliphatic imine (C=N–C) groups is 1. The number of rotatable bonds is 17. The third-order valence-corrected chi connectivity index (χ3v) is 4.41. The number of nitrogens with zero attached hydrogens (tertiary/aromatic N) is 1. The number of carboxylic acid groups (broad SMARTS) is 2. The molecule has 0 bridgehead atoms. The van der Waals surface area contributed by atoms with E-state index in [4.69, 9.17) is 33.1 Å². The molecule has 17 nitrogen and oxygen atoms in total. The second-order valence-corrected chi connectivity index (χ2v) is 7.36. The quantitative estimate of drug-likeness (QED) is 0.0504. The van der Waals surface area contributed by atoms with Gasteiger partial charge >= 0.3 is 11.9 Å². The van der Waals surface area contributed by atoms with Gasteiger partial charge in [0.25, 0.3) is 0 Å². The number of hydrogen-bond donors (Lipinski definition) is 10. The number of carbonyl (C=O) groups is 6. The fourth-order valence-electron chi connectivity index (χ4n) is 2.61. The van der Waals surface area contributed by atoms with Crippen molar-refractivity contribution in [1.29, 1.82) is 0 Å². The summed E-state index contributed by atoms with van der Waals surface area (Å²) in [5, 5.41) is 33.7. The molecule has 0 radical (unpaired) electrons. The number of aliphatic hydroxyl groups is 1. The molecule has 0 spiro atoms. The minimum Gasteiger partial charge on any atom is -0.481 e. The van der Waals surface area contributed by atoms with Crippen LogP contribution in [0, 0.1) is 0 Å². The number of amides is 4. The Hall–Kier alpha value is -3.99. The van der Waals surface area contributed by atoms with Crippen LogP contribution in [0.5, 0.6) is 0 Å². The molecule has 17 heteroatoms. The van der Waals surface area contributed by atoms with Crippen molar-refractivity contribution in [2.24, 2.45) is 27.9 Å². The average Bonchev–Trinajstić information content (AvgIpc) is 2.76. The molecule has 0 aliphatic heterocycles. The summed E-state index contributed by atoms with van der Waals surface area (Å²) in [5.74, 6) is -7.01. The van der Waals surface area contributed by atoms with Gasteiger partial charge in [-0.2, -0.15) is 0 Å². The van der Waals surface area contributed by atoms with E-state index in [2.05, 4.69) is 20.9 Å². The molecule has 198 valence electrons. The Balaban J connectivity index is 5.52. The van der Waals surface area contributed by atoms with E-state index in [1.165, 1.54) is 0 Å². The molecule has 4 unspecified atom stereocenters. The van der Waals surface area contributed by atoms with Crippen molar-refractivity contribution in [3.05, 3.63) is 0 Å². The summed E-state index contributed by atoms with van der Waals surface area (Å²) in [6.45, 7) is -0.675. The number of hydrogen-bond acceptors (Lipinski definition) is 9. The van der Waals surface area contributed by atoms with E-state index in [1.807, 2.05) is 0 Å². The zero-order valence-electron chi connectivity index (χ0n) is 18.8. The lowest BCUT2D eigenvalue weighted by Crippen LogP contribution is -2.58. The van der Waals surface area contributed by atoms with Crippen LogP contribution < -0.4 is 38.9 Å². The summed E-state index contributed by atoms with van der Waals surface area (Å²) in [5.41, 5.74) is 20.8. The van der Waals surface area contributed by atoms with E-state index >= 15 is 0 Å². The van der Waals surface area contributed by atoms with Crippen molar-refractivity contribution < 1.29 is 44.1 Å². The zero-order chi connectivity index (χ0) is 27.1. The molecule has 0 aliphatic carbocycles. The van der Waals surface area contributed by atoms with Gasteiger partial charge in [-0.15, -0.1) is 0 Å². The Kier molecular flexibility index (Phi) is 14.0. The summed E-state index contributed by atoms with van der Waals surface area (Å²) < 4.78 is 0. The van der Waals surface area contributed by atoms with Crippen LogP contribution in [0.25, 0.3) is 0 Å². The Morgan fingerprint density at radius 2 is 1.34 bits per heavy atom. The molecule has 0 aromatic rings. The normalized spacial score (nSPS) is 13.9. The highest BCUT2D eigenvalue weighted by molar-refractivity contribution is 5.96. The van der Waals surface area contributed by atoms with Crippen molar-refractivity contribution in [3.63, 3.8) is 0 Å². The number of carbonyl (C=O) groups excluding carboxylic acids is 4. The molecule has 0 aromatic heterocycles. The van der Waals surface area contributed by atoms with Crippen LogP contribution in [0.3, 0.4) is 0 Å². The molecule has 0 saturated heterocycles. The summed E-state index contributed by atoms with van der Waals surface area (Å²) in [6, 6.07) is -5.98. The maximum Gasteiger partial charge on any atom is 0.326 e. The van der Waals surface area contributed by atoms with Gasteiger partial charge in [-0.1, -0.05) is 0 Å². The first kappa shape index (κ1) is 31.0. The van der Waals surface area contributed by atoms with E-state index in [-0.39, 0.29) is 25.3 Å². The lowest BCUT2D eigenvalue weighted by Gasteiger charge is -2.24. The average molecular weight is 505 g/mol. The van der Waals surface area contributed by atoms with Gasteiger partial charge in [0, 0.05) is 13.0 Å². The second-order valence-electron chi connectivity index (χ2n) is 7.36. The van der Waals surface area contributed by atoms with Gasteiger partial charge in [0.1, 0.15) is 24.2 Å². The Morgan fingerprint density at radius 3 is 1.83 bits per heavy atom. The maximum atomic E-state index is 12.7. The lowest BCUT2D eigenvalue weighted by atomic mass is 10.1. The minimum atomic E-state index is -1.60. The minimum absolute atomic E-state index is 0.0865. The predicted octanol–water partition coefficient (Wildman–Crippen LogP) is -5.36. The first-order valence-corrected chi connectivity index (χ1v) is 10.3. The number of guanidine groups is 1. The predicted molar refractivity (Wildman–Crippen MR) is 119 cm³/mol. The molecule has 4 amide bonds. The highest BCUT2D eigenvalue weighted by Crippen LogP contribution is 2.05. The smallest absolute Gasteiger partial charge is 0.326 e. The van der Waals surface area contributed by atoms with Gasteiger partial charge < -0.3 is 54.2 Å². The van der Waals surface area contributed by atoms with Crippen LogP contribution in [0.2, 0.25) is 0 Å². The van der Waals surface area contributed by atoms with Crippen LogP contribution in [-0.4, -0.2) is 94.2 Å². The van der Waals surface area contributed by atoms with Crippen molar-refractivity contribution in [3.8, 4) is 0 Å². The van der Waals surface area contributed by atoms with Gasteiger partial charge in [0.2, 0.25) is 23.6 Å². The SMILES string of the molecule is NC(=O)CC(NC(=O)C(N)CO)C(=O)NC(CCC(=O)O)C(=O)NC(CCCN=C(N)N)C(=O)O. The third-order valence-electron chi connectivity index (χ3n) is 4.41. The largest absolute Gasteiger partial charge is 0.481 e. The highest BCUT2D eigenvalue weighted by Gasteiger charge is 2.31. The van der Waals surface area contributed by atoms with Crippen molar-refractivity contribution in [1.82, 2.24) is 16.0 Å². The van der Waals surface area contributed by atoms with Crippen LogP contribution in [0.15, 0.2) is 4.99 Å². The highest BCUT2D eigenvalue weighted by atomic mass is 16.4. The summed E-state index contributed by atoms with van der Waals surface area (Å²) in [6.07, 6.45) is -1.63. The molecule has 0 fully saturated rings. The molecular weight excluding hydrogens is 472 g/mol. The van der Waals surface area contributed by atoms with Crippen molar-refractivity contribution in [2.45, 2.75) is 56.3 Å². The Labute approximate surface area is 199 Å². The number of nitrogens with two attached hydrogens (primary N) is 4. The standard InChI is InChI=1S/C18H32N8O9/c19-8(7-27)14(31)26-11(6-12(20)28)16(33)24-9(3-4-13(29)30)15(32)25-10(17(34)35)2-1-5-23-18(21)22/h8-11,27H,1-7,19H2,(H2,20,28)(H,24,33)(H,25,32)(H,26,31)(H,29,30)(H,34,35)(H4,21,22,23). The van der Waals surface area contributed by atoms with Gasteiger partial charge in [-0.3, -0.25) is 29.0 Å². The molecule has 4 atom stereocenters. The van der Waals surface area contributed by atoms with Gasteiger partial charge in [-0.25, -0.2) is 4.79 Å². The number of nitrogens with one attached hydrogen (secondary N) is 3. The molecule has 14 N–H and O–H groups in total. The lowest BCUT2D eigenvalue weighted by molar-refractivity contribution is -0.143. The fraction of sp³-hybridized carbons (Fsp3) is 0.611. The summed E-state index contributed by atoms with van der Waals surface area (Å²) >= 11 is 0. The summed E-state index contributed by atoms with van der Waals surface area (Å²) in [7, 11) is 0. The van der Waals surface area contributed by atoms with Crippen LogP contribution in [0.1, 0.15) is 32.1 Å². The first-order valence-electron chi connectivity index (χ1n) is 10.3. The summed E-state index contributed by atoms with van der Waals surface area (Å²) in [4.78, 5) is 74.8. The number of aliphatic carboxylic acids is 2. The molecule has 0 aromatic carbocycles. The molecule has 0 rings (SSSR count). The van der Waals surface area contributed by atoms with Gasteiger partial charge in [0.05, 0.1) is 13.0 Å². The van der Waals surface area contributed by atoms with Crippen molar-refractivity contribution in [2.75, 3.05) is 13.2 Å². The fourth-order valence-corrected chi connectivity index (χ4v) is 2.61. The molecular formula is C18H32N8O9. The number of primary amides is 1. The van der Waals surface area contributed by atoms with Crippen molar-refractivity contribution >= 4 is 41.5 Å². The van der Waals surface area contributed by atoms with E-state index < -0.39 is 85.6 Å². The Bertz CT molecular complexity index is 816. The molecule has 0 heterocycles. The second kappa shape index (κ2) is 15.8. The Morgan fingerprint density at radius 1 is 0.800 bits per heavy atom. The van der Waals surface area contributed by atoms with E-state index in [1.54, 1.807) is 0 Å². The monoisotopic (exact) mass is 504 g/mol. The van der Waals surface area contributed by atoms with Gasteiger partial charge in [-0.05, 0) is 19.3 Å². The van der Waals surface area contributed by atoms with Crippen LogP contribution in [0.4, 0.5) is 0 Å². The zero-order valence-corrected chi connectivity index (χ0v) is 18.8. The van der Waals surface area contributed by atoms with E-state index in [0.717, 1.165) is 0 Å². The van der Waals surface area contributed by atoms with Crippen LogP contribution >= 0.6 is 0 Å². The molecule has 0 aliphatic rings. The first-order chi connectivity index (χ1) is 16.3. The topological polar surface area (TPSA) is 316 Å². The number of aliphatic hydroxyl groups excluding tert-OH is 1.